The van der Waals surface area contributed by atoms with Gasteiger partial charge in [-0.1, -0.05) is 0 Å². The molecule has 1 fully saturated rings. The maximum absolute atomic E-state index is 12.2. The summed E-state index contributed by atoms with van der Waals surface area (Å²) in [6.45, 7) is 0.607. The Morgan fingerprint density at radius 1 is 1.48 bits per heavy atom. The predicted molar refractivity (Wildman–Crippen MR) is 80.6 cm³/mol. The van der Waals surface area contributed by atoms with E-state index in [2.05, 4.69) is 5.32 Å². The molecule has 0 spiro atoms. The molecule has 1 aliphatic heterocycles. The standard InChI is InChI=1S/C12H17N3O4S2/c1-21(18,19)15-5-2-3-8(7-15)11(17)14-12-9(10(13)16)4-6-20-12/h4,6,8H,2-3,5,7H2,1H3,(H2,13,16)(H,14,17)/t8-/m1/s1. The van der Waals surface area contributed by atoms with Crippen LogP contribution in [-0.4, -0.2) is 43.9 Å². The van der Waals surface area contributed by atoms with Gasteiger partial charge < -0.3 is 11.1 Å². The molecular weight excluding hydrogens is 314 g/mol. The van der Waals surface area contributed by atoms with E-state index in [1.807, 2.05) is 0 Å². The first kappa shape index (κ1) is 15.9. The third-order valence-electron chi connectivity index (χ3n) is 3.39. The zero-order chi connectivity index (χ0) is 15.6. The van der Waals surface area contributed by atoms with E-state index in [0.29, 0.717) is 24.4 Å². The fourth-order valence-corrected chi connectivity index (χ4v) is 3.98. The van der Waals surface area contributed by atoms with Gasteiger partial charge in [-0.3, -0.25) is 9.59 Å². The smallest absolute Gasteiger partial charge is 0.251 e. The second-order valence-electron chi connectivity index (χ2n) is 4.98. The Balaban J connectivity index is 2.06. The average molecular weight is 331 g/mol. The van der Waals surface area contributed by atoms with Crippen LogP contribution in [0, 0.1) is 5.92 Å². The van der Waals surface area contributed by atoms with Gasteiger partial charge in [0, 0.05) is 13.1 Å². The van der Waals surface area contributed by atoms with Gasteiger partial charge in [0.15, 0.2) is 0 Å². The molecule has 0 saturated carbocycles. The molecule has 1 saturated heterocycles. The Labute approximate surface area is 127 Å². The molecule has 1 aliphatic rings. The molecule has 0 radical (unpaired) electrons. The van der Waals surface area contributed by atoms with Crippen LogP contribution in [0.15, 0.2) is 11.4 Å². The third-order valence-corrected chi connectivity index (χ3v) is 5.49. The van der Waals surface area contributed by atoms with Crippen LogP contribution in [0.3, 0.4) is 0 Å². The van der Waals surface area contributed by atoms with Gasteiger partial charge in [-0.25, -0.2) is 12.7 Å². The number of primary amides is 1. The summed E-state index contributed by atoms with van der Waals surface area (Å²) in [6.07, 6.45) is 2.39. The molecule has 0 aliphatic carbocycles. The molecule has 0 aromatic carbocycles. The second kappa shape index (κ2) is 6.12. The highest BCUT2D eigenvalue weighted by molar-refractivity contribution is 7.88. The van der Waals surface area contributed by atoms with Gasteiger partial charge in [-0.2, -0.15) is 0 Å². The number of thiophene rings is 1. The van der Waals surface area contributed by atoms with E-state index in [-0.39, 0.29) is 18.0 Å². The lowest BCUT2D eigenvalue weighted by Gasteiger charge is -2.30. The fraction of sp³-hybridized carbons (Fsp3) is 0.500. The Hall–Kier alpha value is -1.45. The third kappa shape index (κ3) is 3.80. The van der Waals surface area contributed by atoms with Crippen molar-refractivity contribution in [3.63, 3.8) is 0 Å². The van der Waals surface area contributed by atoms with Crippen molar-refractivity contribution in [2.45, 2.75) is 12.8 Å². The van der Waals surface area contributed by atoms with E-state index < -0.39 is 21.8 Å². The van der Waals surface area contributed by atoms with E-state index >= 15 is 0 Å². The summed E-state index contributed by atoms with van der Waals surface area (Å²) in [6, 6.07) is 1.55. The maximum atomic E-state index is 12.2. The molecule has 21 heavy (non-hydrogen) atoms. The van der Waals surface area contributed by atoms with Crippen molar-refractivity contribution in [2.24, 2.45) is 11.7 Å². The number of nitrogens with zero attached hydrogens (tertiary/aromatic N) is 1. The lowest BCUT2D eigenvalue weighted by atomic mass is 9.99. The Bertz CT molecular complexity index is 653. The monoisotopic (exact) mass is 331 g/mol. The van der Waals surface area contributed by atoms with Crippen molar-refractivity contribution in [3.8, 4) is 0 Å². The number of anilines is 1. The van der Waals surface area contributed by atoms with Crippen LogP contribution in [0.1, 0.15) is 23.2 Å². The number of sulfonamides is 1. The van der Waals surface area contributed by atoms with Crippen molar-refractivity contribution in [1.82, 2.24) is 4.31 Å². The minimum atomic E-state index is -3.29. The van der Waals surface area contributed by atoms with Crippen LogP contribution < -0.4 is 11.1 Å². The largest absolute Gasteiger partial charge is 0.366 e. The van der Waals surface area contributed by atoms with Crippen molar-refractivity contribution in [2.75, 3.05) is 24.7 Å². The number of hydrogen-bond acceptors (Lipinski definition) is 5. The summed E-state index contributed by atoms with van der Waals surface area (Å²) in [4.78, 5) is 23.4. The summed E-state index contributed by atoms with van der Waals surface area (Å²) in [5, 5.41) is 4.74. The first-order valence-corrected chi connectivity index (χ1v) is 9.15. The van der Waals surface area contributed by atoms with Gasteiger partial charge in [0.05, 0.1) is 17.7 Å². The molecule has 1 aromatic heterocycles. The molecule has 9 heteroatoms. The molecular formula is C12H17N3O4S2. The quantitative estimate of drug-likeness (QED) is 0.835. The molecule has 0 unspecified atom stereocenters. The van der Waals surface area contributed by atoms with E-state index in [1.165, 1.54) is 15.6 Å². The highest BCUT2D eigenvalue weighted by atomic mass is 32.2. The summed E-state index contributed by atoms with van der Waals surface area (Å²) in [5.74, 6) is -1.31. The molecule has 1 aromatic rings. The minimum absolute atomic E-state index is 0.169. The van der Waals surface area contributed by atoms with Crippen molar-refractivity contribution in [3.05, 3.63) is 17.0 Å². The summed E-state index contributed by atoms with van der Waals surface area (Å²) >= 11 is 1.21. The minimum Gasteiger partial charge on any atom is -0.366 e. The van der Waals surface area contributed by atoms with Gasteiger partial charge in [0.2, 0.25) is 15.9 Å². The molecule has 2 heterocycles. The van der Waals surface area contributed by atoms with E-state index in [0.717, 1.165) is 6.26 Å². The average Bonchev–Trinajstić information content (AvgIpc) is 2.86. The van der Waals surface area contributed by atoms with E-state index in [1.54, 1.807) is 11.4 Å². The maximum Gasteiger partial charge on any atom is 0.251 e. The second-order valence-corrected chi connectivity index (χ2v) is 7.88. The molecule has 1 atom stereocenters. The SMILES string of the molecule is CS(=O)(=O)N1CCC[C@@H](C(=O)Nc2sccc2C(N)=O)C1. The molecule has 3 N–H and O–H groups in total. The highest BCUT2D eigenvalue weighted by Crippen LogP contribution is 2.25. The number of nitrogens with two attached hydrogens (primary N) is 1. The van der Waals surface area contributed by atoms with Crippen LogP contribution in [-0.2, 0) is 14.8 Å². The lowest BCUT2D eigenvalue weighted by Crippen LogP contribution is -2.43. The fourth-order valence-electron chi connectivity index (χ4n) is 2.27. The van der Waals surface area contributed by atoms with Gasteiger partial charge in [-0.15, -0.1) is 11.3 Å². The number of hydrogen-bond donors (Lipinski definition) is 2. The van der Waals surface area contributed by atoms with Crippen molar-refractivity contribution in [1.29, 1.82) is 0 Å². The number of carbonyl (C=O) groups excluding carboxylic acids is 2. The van der Waals surface area contributed by atoms with Gasteiger partial charge in [0.25, 0.3) is 5.91 Å². The van der Waals surface area contributed by atoms with Gasteiger partial charge >= 0.3 is 0 Å². The lowest BCUT2D eigenvalue weighted by molar-refractivity contribution is -0.120. The summed E-state index contributed by atoms with van der Waals surface area (Å²) in [7, 11) is -3.29. The van der Waals surface area contributed by atoms with Crippen LogP contribution in [0.2, 0.25) is 0 Å². The van der Waals surface area contributed by atoms with E-state index in [4.69, 9.17) is 5.73 Å². The van der Waals surface area contributed by atoms with Gasteiger partial charge in [-0.05, 0) is 24.3 Å². The van der Waals surface area contributed by atoms with E-state index in [9.17, 15) is 18.0 Å². The Morgan fingerprint density at radius 2 is 2.19 bits per heavy atom. The van der Waals surface area contributed by atoms with Crippen molar-refractivity contribution < 1.29 is 18.0 Å². The number of nitrogens with one attached hydrogen (secondary N) is 1. The molecule has 0 bridgehead atoms. The van der Waals surface area contributed by atoms with Crippen LogP contribution in [0.25, 0.3) is 0 Å². The summed E-state index contributed by atoms with van der Waals surface area (Å²) < 4.78 is 24.4. The zero-order valence-electron chi connectivity index (χ0n) is 11.5. The Kier molecular flexibility index (Phi) is 4.64. The normalized spacial score (nSPS) is 20.1. The van der Waals surface area contributed by atoms with Crippen LogP contribution in [0.5, 0.6) is 0 Å². The highest BCUT2D eigenvalue weighted by Gasteiger charge is 2.30. The van der Waals surface area contributed by atoms with Crippen LogP contribution >= 0.6 is 11.3 Å². The Morgan fingerprint density at radius 3 is 2.81 bits per heavy atom. The first-order valence-electron chi connectivity index (χ1n) is 6.42. The molecule has 7 nitrogen and oxygen atoms in total. The summed E-state index contributed by atoms with van der Waals surface area (Å²) in [5.41, 5.74) is 5.49. The predicted octanol–water partition coefficient (Wildman–Crippen LogP) is 0.457. The molecule has 116 valence electrons. The number of amides is 2. The molecule has 2 rings (SSSR count). The number of rotatable bonds is 4. The van der Waals surface area contributed by atoms with Crippen LogP contribution in [0.4, 0.5) is 5.00 Å². The number of carbonyl (C=O) groups is 2. The number of piperidine rings is 1. The first-order chi connectivity index (χ1) is 9.79. The van der Waals surface area contributed by atoms with Gasteiger partial charge in [0.1, 0.15) is 5.00 Å². The van der Waals surface area contributed by atoms with Crippen molar-refractivity contribution >= 4 is 38.2 Å². The topological polar surface area (TPSA) is 110 Å². The molecule has 2 amide bonds. The zero-order valence-corrected chi connectivity index (χ0v) is 13.2.